The first kappa shape index (κ1) is 14.2. The highest BCUT2D eigenvalue weighted by molar-refractivity contribution is 7.89. The number of halogens is 1. The molecule has 5 nitrogen and oxygen atoms in total. The first-order valence-corrected chi connectivity index (χ1v) is 6.76. The van der Waals surface area contributed by atoms with Gasteiger partial charge in [0.15, 0.2) is 0 Å². The number of aliphatic hydroxyl groups excluding tert-OH is 1. The van der Waals surface area contributed by atoms with E-state index in [0.717, 1.165) is 4.31 Å². The molecule has 0 bridgehead atoms. The number of benzene rings is 1. The number of nitrogen functional groups attached to an aromatic ring is 1. The highest BCUT2D eigenvalue weighted by Gasteiger charge is 2.25. The van der Waals surface area contributed by atoms with Gasteiger partial charge in [0.2, 0.25) is 10.0 Å². The summed E-state index contributed by atoms with van der Waals surface area (Å²) in [5.41, 5.74) is 5.77. The average molecular weight is 279 g/mol. The summed E-state index contributed by atoms with van der Waals surface area (Å²) in [5.74, 6) is 0. The lowest BCUT2D eigenvalue weighted by Gasteiger charge is -2.22. The lowest BCUT2D eigenvalue weighted by Crippen LogP contribution is -2.37. The molecule has 0 saturated carbocycles. The van der Waals surface area contributed by atoms with Gasteiger partial charge in [-0.05, 0) is 25.1 Å². The second-order valence-corrected chi connectivity index (χ2v) is 6.14. The lowest BCUT2D eigenvalue weighted by molar-refractivity contribution is 0.214. The molecule has 0 fully saturated rings. The second-order valence-electron chi connectivity index (χ2n) is 3.74. The smallest absolute Gasteiger partial charge is 0.243 e. The Morgan fingerprint density at radius 3 is 2.59 bits per heavy atom. The Bertz CT molecular complexity index is 504. The third-order valence-corrected chi connectivity index (χ3v) is 4.84. The number of hydrogen-bond acceptors (Lipinski definition) is 4. The highest BCUT2D eigenvalue weighted by Crippen LogP contribution is 2.24. The van der Waals surface area contributed by atoms with E-state index in [1.807, 2.05) is 0 Å². The zero-order chi connectivity index (χ0) is 13.2. The van der Waals surface area contributed by atoms with Gasteiger partial charge in [-0.25, -0.2) is 8.42 Å². The molecule has 96 valence electrons. The van der Waals surface area contributed by atoms with E-state index in [4.69, 9.17) is 22.4 Å². The SMILES string of the molecule is CC(CO)N(C)S(=O)(=O)c1ccc(Cl)c(N)c1. The van der Waals surface area contributed by atoms with E-state index in [2.05, 4.69) is 0 Å². The van der Waals surface area contributed by atoms with Crippen LogP contribution in [0.25, 0.3) is 0 Å². The predicted molar refractivity (Wildman–Crippen MR) is 67.4 cm³/mol. The molecule has 1 aromatic rings. The molecule has 0 aliphatic carbocycles. The van der Waals surface area contributed by atoms with Crippen molar-refractivity contribution >= 4 is 27.3 Å². The van der Waals surface area contributed by atoms with Crippen LogP contribution in [0.5, 0.6) is 0 Å². The predicted octanol–water partition coefficient (Wildman–Crippen LogP) is 0.924. The van der Waals surface area contributed by atoms with Crippen molar-refractivity contribution in [2.45, 2.75) is 17.9 Å². The quantitative estimate of drug-likeness (QED) is 0.803. The van der Waals surface area contributed by atoms with Crippen LogP contribution in [-0.4, -0.2) is 37.5 Å². The van der Waals surface area contributed by atoms with Gasteiger partial charge in [-0.15, -0.1) is 0 Å². The largest absolute Gasteiger partial charge is 0.397 e. The van der Waals surface area contributed by atoms with Crippen molar-refractivity contribution in [1.82, 2.24) is 4.31 Å². The Balaban J connectivity index is 3.17. The minimum absolute atomic E-state index is 0.0576. The van der Waals surface area contributed by atoms with E-state index in [9.17, 15) is 8.42 Å². The Labute approximate surface area is 106 Å². The van der Waals surface area contributed by atoms with Crippen LogP contribution in [-0.2, 0) is 10.0 Å². The number of anilines is 1. The van der Waals surface area contributed by atoms with Crippen LogP contribution in [0.4, 0.5) is 5.69 Å². The number of nitrogens with two attached hydrogens (primary N) is 1. The normalized spacial score (nSPS) is 13.9. The molecule has 0 spiro atoms. The third-order valence-electron chi connectivity index (χ3n) is 2.53. The van der Waals surface area contributed by atoms with Crippen molar-refractivity contribution in [3.63, 3.8) is 0 Å². The Morgan fingerprint density at radius 2 is 2.12 bits per heavy atom. The maximum atomic E-state index is 12.1. The van der Waals surface area contributed by atoms with E-state index in [1.54, 1.807) is 6.92 Å². The molecule has 7 heteroatoms. The molecule has 17 heavy (non-hydrogen) atoms. The summed E-state index contributed by atoms with van der Waals surface area (Å²) < 4.78 is 25.3. The average Bonchev–Trinajstić information content (AvgIpc) is 2.30. The summed E-state index contributed by atoms with van der Waals surface area (Å²) >= 11 is 5.73. The number of aliphatic hydroxyl groups is 1. The Morgan fingerprint density at radius 1 is 1.53 bits per heavy atom. The van der Waals surface area contributed by atoms with Gasteiger partial charge in [-0.3, -0.25) is 0 Å². The van der Waals surface area contributed by atoms with Gasteiger partial charge in [0, 0.05) is 13.1 Å². The van der Waals surface area contributed by atoms with Crippen molar-refractivity contribution in [2.75, 3.05) is 19.4 Å². The maximum Gasteiger partial charge on any atom is 0.243 e. The standard InChI is InChI=1S/C10H15ClN2O3S/c1-7(6-14)13(2)17(15,16)8-3-4-9(11)10(12)5-8/h3-5,7,14H,6,12H2,1-2H3. The van der Waals surface area contributed by atoms with E-state index in [-0.39, 0.29) is 17.2 Å². The molecule has 0 aliphatic rings. The summed E-state index contributed by atoms with van der Waals surface area (Å²) in [6.07, 6.45) is 0. The fraction of sp³-hybridized carbons (Fsp3) is 0.400. The van der Waals surface area contributed by atoms with Crippen LogP contribution < -0.4 is 5.73 Å². The van der Waals surface area contributed by atoms with Gasteiger partial charge < -0.3 is 10.8 Å². The molecule has 1 rings (SSSR count). The van der Waals surface area contributed by atoms with E-state index in [0.29, 0.717) is 5.02 Å². The van der Waals surface area contributed by atoms with Crippen LogP contribution in [0, 0.1) is 0 Å². The molecule has 0 aromatic heterocycles. The Hall–Kier alpha value is -0.820. The van der Waals surface area contributed by atoms with Crippen LogP contribution in [0.1, 0.15) is 6.92 Å². The summed E-state index contributed by atoms with van der Waals surface area (Å²) in [6.45, 7) is 1.36. The molecule has 1 aromatic carbocycles. The molecular weight excluding hydrogens is 264 g/mol. The van der Waals surface area contributed by atoms with Crippen molar-refractivity contribution in [3.8, 4) is 0 Å². The topological polar surface area (TPSA) is 83.6 Å². The molecule has 0 amide bonds. The molecule has 0 aliphatic heterocycles. The van der Waals surface area contributed by atoms with E-state index >= 15 is 0 Å². The van der Waals surface area contributed by atoms with Crippen LogP contribution in [0.3, 0.4) is 0 Å². The number of rotatable bonds is 4. The van der Waals surface area contributed by atoms with Gasteiger partial charge >= 0.3 is 0 Å². The first-order valence-electron chi connectivity index (χ1n) is 4.94. The fourth-order valence-electron chi connectivity index (χ4n) is 1.20. The first-order chi connectivity index (χ1) is 7.80. The van der Waals surface area contributed by atoms with Gasteiger partial charge in [-0.2, -0.15) is 4.31 Å². The van der Waals surface area contributed by atoms with Crippen molar-refractivity contribution in [3.05, 3.63) is 23.2 Å². The monoisotopic (exact) mass is 278 g/mol. The fourth-order valence-corrected chi connectivity index (χ4v) is 2.71. The zero-order valence-corrected chi connectivity index (χ0v) is 11.2. The molecule has 3 N–H and O–H groups in total. The summed E-state index contributed by atoms with van der Waals surface area (Å²) in [6, 6.07) is 3.62. The van der Waals surface area contributed by atoms with Crippen molar-refractivity contribution in [1.29, 1.82) is 0 Å². The van der Waals surface area contributed by atoms with Gasteiger partial charge in [0.1, 0.15) is 0 Å². The van der Waals surface area contributed by atoms with Crippen molar-refractivity contribution in [2.24, 2.45) is 0 Å². The van der Waals surface area contributed by atoms with E-state index < -0.39 is 16.1 Å². The van der Waals surface area contributed by atoms with E-state index in [1.165, 1.54) is 25.2 Å². The molecule has 0 saturated heterocycles. The minimum Gasteiger partial charge on any atom is -0.397 e. The Kier molecular flexibility index (Phi) is 4.37. The van der Waals surface area contributed by atoms with Crippen molar-refractivity contribution < 1.29 is 13.5 Å². The van der Waals surface area contributed by atoms with Crippen LogP contribution >= 0.6 is 11.6 Å². The highest BCUT2D eigenvalue weighted by atomic mass is 35.5. The maximum absolute atomic E-state index is 12.1. The second kappa shape index (κ2) is 5.22. The molecule has 1 atom stereocenters. The summed E-state index contributed by atoms with van der Waals surface area (Å²) in [5, 5.41) is 9.27. The third kappa shape index (κ3) is 2.90. The molecule has 0 heterocycles. The number of nitrogens with zero attached hydrogens (tertiary/aromatic N) is 1. The molecule has 1 unspecified atom stereocenters. The summed E-state index contributed by atoms with van der Waals surface area (Å²) in [4.78, 5) is 0.0576. The van der Waals surface area contributed by atoms with Gasteiger partial charge in [0.05, 0.1) is 22.2 Å². The number of sulfonamides is 1. The minimum atomic E-state index is -3.65. The number of hydrogen-bond donors (Lipinski definition) is 2. The van der Waals surface area contributed by atoms with Gasteiger partial charge in [0.25, 0.3) is 0 Å². The molecular formula is C10H15ClN2O3S. The summed E-state index contributed by atoms with van der Waals surface area (Å²) in [7, 11) is -2.25. The number of likely N-dealkylation sites (N-methyl/N-ethyl adjacent to an activating group) is 1. The zero-order valence-electron chi connectivity index (χ0n) is 9.59. The van der Waals surface area contributed by atoms with Crippen LogP contribution in [0.15, 0.2) is 23.1 Å². The lowest BCUT2D eigenvalue weighted by atomic mass is 10.3. The van der Waals surface area contributed by atoms with Crippen LogP contribution in [0.2, 0.25) is 5.02 Å². The molecule has 0 radical (unpaired) electrons. The van der Waals surface area contributed by atoms with Gasteiger partial charge in [-0.1, -0.05) is 11.6 Å².